The topological polar surface area (TPSA) is 27.1 Å². The number of aromatic nitrogens is 2. The lowest BCUT2D eigenvalue weighted by Gasteiger charge is -2.61. The minimum Gasteiger partial charge on any atom is -0.378 e. The number of halogens is 1. The summed E-state index contributed by atoms with van der Waals surface area (Å²) in [6.45, 7) is 1.09. The Kier molecular flexibility index (Phi) is 2.79. The fourth-order valence-corrected chi connectivity index (χ4v) is 6.00. The van der Waals surface area contributed by atoms with Crippen LogP contribution < -0.4 is 0 Å². The van der Waals surface area contributed by atoms with Gasteiger partial charge in [-0.1, -0.05) is 0 Å². The maximum atomic E-state index is 5.99. The predicted molar refractivity (Wildman–Crippen MR) is 81.8 cm³/mol. The standard InChI is InChI=1S/C15H21IN2O/c1-19-15-5-11-2-12(6-15)4-14(3-11,9-15)10-18-8-13(16)7-17-18/h7-8,11-12H,2-6,9-10H2,1H3. The van der Waals surface area contributed by atoms with Gasteiger partial charge in [-0.15, -0.1) is 0 Å². The van der Waals surface area contributed by atoms with E-state index < -0.39 is 0 Å². The van der Waals surface area contributed by atoms with E-state index in [1.165, 1.54) is 42.1 Å². The molecular weight excluding hydrogens is 351 g/mol. The molecule has 0 saturated heterocycles. The van der Waals surface area contributed by atoms with Gasteiger partial charge in [0.05, 0.1) is 15.4 Å². The van der Waals surface area contributed by atoms with E-state index in [2.05, 4.69) is 38.6 Å². The molecule has 1 heterocycles. The SMILES string of the molecule is COC12CC3CC(CC(Cn4cc(I)cn4)(C3)C1)C2. The summed E-state index contributed by atoms with van der Waals surface area (Å²) < 4.78 is 9.39. The number of hydrogen-bond donors (Lipinski definition) is 0. The predicted octanol–water partition coefficient (Wildman–Crippen LogP) is 3.47. The monoisotopic (exact) mass is 372 g/mol. The number of nitrogens with zero attached hydrogens (tertiary/aromatic N) is 2. The van der Waals surface area contributed by atoms with Gasteiger partial charge >= 0.3 is 0 Å². The molecule has 4 aliphatic carbocycles. The molecule has 4 saturated carbocycles. The third-order valence-corrected chi connectivity index (χ3v) is 6.22. The molecule has 4 aliphatic rings. The van der Waals surface area contributed by atoms with E-state index >= 15 is 0 Å². The molecule has 0 aromatic carbocycles. The average Bonchev–Trinajstić information content (AvgIpc) is 2.72. The quantitative estimate of drug-likeness (QED) is 0.760. The number of hydrogen-bond acceptors (Lipinski definition) is 2. The van der Waals surface area contributed by atoms with E-state index in [0.29, 0.717) is 5.41 Å². The Balaban J connectivity index is 1.63. The maximum absolute atomic E-state index is 5.99. The van der Waals surface area contributed by atoms with Gasteiger partial charge in [-0.05, 0) is 78.4 Å². The minimum atomic E-state index is 0.199. The van der Waals surface area contributed by atoms with Crippen molar-refractivity contribution < 1.29 is 4.74 Å². The molecule has 4 bridgehead atoms. The summed E-state index contributed by atoms with van der Waals surface area (Å²) >= 11 is 2.34. The van der Waals surface area contributed by atoms with Gasteiger partial charge in [0.25, 0.3) is 0 Å². The molecule has 1 aromatic rings. The first-order valence-corrected chi connectivity index (χ1v) is 8.41. The number of rotatable bonds is 3. The maximum Gasteiger partial charge on any atom is 0.0690 e. The lowest BCUT2D eigenvalue weighted by atomic mass is 9.48. The Hall–Kier alpha value is -0.100. The highest BCUT2D eigenvalue weighted by Gasteiger charge is 2.58. The highest BCUT2D eigenvalue weighted by molar-refractivity contribution is 14.1. The summed E-state index contributed by atoms with van der Waals surface area (Å²) in [6.07, 6.45) is 12.2. The molecule has 0 spiro atoms. The van der Waals surface area contributed by atoms with Gasteiger partial charge in [0.15, 0.2) is 0 Å². The van der Waals surface area contributed by atoms with Gasteiger partial charge in [-0.3, -0.25) is 4.68 Å². The van der Waals surface area contributed by atoms with E-state index in [9.17, 15) is 0 Å². The summed E-state index contributed by atoms with van der Waals surface area (Å²) in [5.41, 5.74) is 0.652. The van der Waals surface area contributed by atoms with Crippen LogP contribution in [-0.2, 0) is 11.3 Å². The average molecular weight is 372 g/mol. The Bertz CT molecular complexity index is 484. The van der Waals surface area contributed by atoms with Gasteiger partial charge in [0.2, 0.25) is 0 Å². The molecule has 19 heavy (non-hydrogen) atoms. The Morgan fingerprint density at radius 2 is 2.11 bits per heavy atom. The van der Waals surface area contributed by atoms with Crippen molar-refractivity contribution in [3.8, 4) is 0 Å². The molecule has 0 aliphatic heterocycles. The summed E-state index contributed by atoms with van der Waals surface area (Å²) in [7, 11) is 1.93. The van der Waals surface area contributed by atoms with E-state index in [1.807, 2.05) is 13.3 Å². The molecule has 4 heteroatoms. The van der Waals surface area contributed by atoms with Crippen LogP contribution in [0.2, 0.25) is 0 Å². The van der Waals surface area contributed by atoms with Crippen LogP contribution in [0.3, 0.4) is 0 Å². The molecular formula is C15H21IN2O. The number of ether oxygens (including phenoxy) is 1. The van der Waals surface area contributed by atoms with Crippen LogP contribution in [0.25, 0.3) is 0 Å². The van der Waals surface area contributed by atoms with E-state index in [-0.39, 0.29) is 5.60 Å². The third-order valence-electron chi connectivity index (χ3n) is 5.66. The van der Waals surface area contributed by atoms with Crippen molar-refractivity contribution in [2.24, 2.45) is 17.3 Å². The molecule has 5 rings (SSSR count). The van der Waals surface area contributed by atoms with Crippen molar-refractivity contribution in [1.29, 1.82) is 0 Å². The van der Waals surface area contributed by atoms with Gasteiger partial charge in [0.1, 0.15) is 0 Å². The van der Waals surface area contributed by atoms with Crippen molar-refractivity contribution in [3.05, 3.63) is 16.0 Å². The van der Waals surface area contributed by atoms with E-state index in [1.54, 1.807) is 0 Å². The largest absolute Gasteiger partial charge is 0.378 e. The van der Waals surface area contributed by atoms with Crippen LogP contribution in [0.1, 0.15) is 38.5 Å². The summed E-state index contributed by atoms with van der Waals surface area (Å²) in [5, 5.41) is 4.51. The van der Waals surface area contributed by atoms with Gasteiger partial charge in [-0.25, -0.2) is 0 Å². The summed E-state index contributed by atoms with van der Waals surface area (Å²) in [6, 6.07) is 0. The van der Waals surface area contributed by atoms with Crippen molar-refractivity contribution in [2.75, 3.05) is 7.11 Å². The smallest absolute Gasteiger partial charge is 0.0690 e. The molecule has 3 nitrogen and oxygen atoms in total. The molecule has 1 aromatic heterocycles. The summed E-state index contributed by atoms with van der Waals surface area (Å²) in [4.78, 5) is 0. The Morgan fingerprint density at radius 3 is 2.68 bits per heavy atom. The molecule has 2 atom stereocenters. The zero-order valence-corrected chi connectivity index (χ0v) is 13.6. The van der Waals surface area contributed by atoms with Crippen molar-refractivity contribution in [1.82, 2.24) is 9.78 Å². The molecule has 0 amide bonds. The number of methoxy groups -OCH3 is 1. The van der Waals surface area contributed by atoms with E-state index in [4.69, 9.17) is 4.74 Å². The lowest BCUT2D eigenvalue weighted by Crippen LogP contribution is -2.57. The molecule has 4 fully saturated rings. The second-order valence-electron chi connectivity index (χ2n) is 7.20. The lowest BCUT2D eigenvalue weighted by molar-refractivity contribution is -0.184. The molecule has 0 radical (unpaired) electrons. The normalized spacial score (nSPS) is 43.9. The fourth-order valence-electron chi connectivity index (χ4n) is 5.56. The van der Waals surface area contributed by atoms with Crippen LogP contribution in [0.5, 0.6) is 0 Å². The van der Waals surface area contributed by atoms with Crippen LogP contribution in [0, 0.1) is 20.8 Å². The first-order valence-electron chi connectivity index (χ1n) is 7.34. The second kappa shape index (κ2) is 4.20. The first kappa shape index (κ1) is 12.6. The third kappa shape index (κ3) is 2.06. The minimum absolute atomic E-state index is 0.199. The molecule has 2 unspecified atom stereocenters. The molecule has 104 valence electrons. The van der Waals surface area contributed by atoms with Crippen molar-refractivity contribution in [2.45, 2.75) is 50.7 Å². The van der Waals surface area contributed by atoms with Gasteiger partial charge in [-0.2, -0.15) is 5.10 Å². The van der Waals surface area contributed by atoms with Crippen LogP contribution in [0.4, 0.5) is 0 Å². The van der Waals surface area contributed by atoms with Gasteiger partial charge in [0, 0.05) is 19.9 Å². The second-order valence-corrected chi connectivity index (χ2v) is 8.45. The zero-order chi connectivity index (χ0) is 13.1. The highest BCUT2D eigenvalue weighted by Crippen LogP contribution is 2.63. The first-order chi connectivity index (χ1) is 9.10. The van der Waals surface area contributed by atoms with Crippen LogP contribution in [0.15, 0.2) is 12.4 Å². The summed E-state index contributed by atoms with van der Waals surface area (Å²) in [5.74, 6) is 1.80. The zero-order valence-electron chi connectivity index (χ0n) is 11.4. The Labute approximate surface area is 128 Å². The Morgan fingerprint density at radius 1 is 1.37 bits per heavy atom. The highest BCUT2D eigenvalue weighted by atomic mass is 127. The van der Waals surface area contributed by atoms with Crippen molar-refractivity contribution in [3.63, 3.8) is 0 Å². The van der Waals surface area contributed by atoms with Crippen LogP contribution >= 0.6 is 22.6 Å². The van der Waals surface area contributed by atoms with Crippen LogP contribution in [-0.4, -0.2) is 22.5 Å². The van der Waals surface area contributed by atoms with Crippen molar-refractivity contribution >= 4 is 22.6 Å². The molecule has 0 N–H and O–H groups in total. The van der Waals surface area contributed by atoms with Gasteiger partial charge < -0.3 is 4.74 Å². The fraction of sp³-hybridized carbons (Fsp3) is 0.800. The van der Waals surface area contributed by atoms with E-state index in [0.717, 1.165) is 18.4 Å².